The number of rotatable bonds is 4. The zero-order valence-corrected chi connectivity index (χ0v) is 7.67. The lowest BCUT2D eigenvalue weighted by molar-refractivity contribution is -0.137. The van der Waals surface area contributed by atoms with Crippen LogP contribution in [0, 0.1) is 0 Å². The van der Waals surface area contributed by atoms with Crippen LogP contribution in [0.4, 0.5) is 0 Å². The largest absolute Gasteiger partial charge is 0.458 e. The summed E-state index contributed by atoms with van der Waals surface area (Å²) >= 11 is 5.24. The van der Waals surface area contributed by atoms with E-state index < -0.39 is 0 Å². The quantitative estimate of drug-likeness (QED) is 0.383. The van der Waals surface area contributed by atoms with E-state index >= 15 is 0 Å². The molecule has 12 heavy (non-hydrogen) atoms. The van der Waals surface area contributed by atoms with E-state index in [-0.39, 0.29) is 12.6 Å². The molecule has 0 heterocycles. The molecule has 0 aromatic rings. The van der Waals surface area contributed by atoms with Gasteiger partial charge in [-0.25, -0.2) is 4.79 Å². The van der Waals surface area contributed by atoms with Gasteiger partial charge in [-0.1, -0.05) is 30.3 Å². The topological polar surface area (TPSA) is 26.3 Å². The number of ether oxygens (including phenoxy) is 1. The minimum absolute atomic E-state index is 0.243. The van der Waals surface area contributed by atoms with E-state index in [9.17, 15) is 4.79 Å². The Morgan fingerprint density at radius 3 is 2.75 bits per heavy atom. The Balaban J connectivity index is 3.56. The van der Waals surface area contributed by atoms with E-state index in [0.717, 1.165) is 0 Å². The average Bonchev–Trinajstić information content (AvgIpc) is 2.03. The van der Waals surface area contributed by atoms with Crippen LogP contribution in [-0.2, 0) is 9.53 Å². The molecule has 0 saturated carbocycles. The van der Waals surface area contributed by atoms with Crippen LogP contribution in [-0.4, -0.2) is 12.6 Å². The third kappa shape index (κ3) is 5.74. The normalized spacial score (nSPS) is 10.8. The van der Waals surface area contributed by atoms with Gasteiger partial charge in [0.15, 0.2) is 0 Å². The molecule has 2 nitrogen and oxygen atoms in total. The second-order valence-electron chi connectivity index (χ2n) is 2.13. The fourth-order valence-electron chi connectivity index (χ4n) is 0.423. The summed E-state index contributed by atoms with van der Waals surface area (Å²) in [5.74, 6) is -0.380. The number of hydrogen-bond acceptors (Lipinski definition) is 2. The van der Waals surface area contributed by atoms with Crippen LogP contribution in [0.15, 0.2) is 35.9 Å². The molecule has 0 aliphatic carbocycles. The lowest BCUT2D eigenvalue weighted by Crippen LogP contribution is -2.04. The van der Waals surface area contributed by atoms with E-state index in [1.165, 1.54) is 5.54 Å². The summed E-state index contributed by atoms with van der Waals surface area (Å²) < 4.78 is 4.75. The Labute approximate surface area is 77.2 Å². The molecular weight excluding hydrogens is 176 g/mol. The first-order valence-corrected chi connectivity index (χ1v) is 3.86. The van der Waals surface area contributed by atoms with Crippen LogP contribution in [0.5, 0.6) is 0 Å². The average molecular weight is 187 g/mol. The number of esters is 1. The SMILES string of the molecule is C=C(C)C(=O)OCC=CC=CCl. The molecule has 0 aliphatic heterocycles. The van der Waals surface area contributed by atoms with Gasteiger partial charge in [-0.3, -0.25) is 0 Å². The molecule has 0 saturated heterocycles. The van der Waals surface area contributed by atoms with Gasteiger partial charge in [-0.05, 0) is 13.0 Å². The molecule has 0 fully saturated rings. The Kier molecular flexibility index (Phi) is 6.11. The summed E-state index contributed by atoms with van der Waals surface area (Å²) in [4.78, 5) is 10.8. The van der Waals surface area contributed by atoms with Crippen molar-refractivity contribution >= 4 is 17.6 Å². The maximum absolute atomic E-state index is 10.8. The van der Waals surface area contributed by atoms with Crippen LogP contribution in [0.25, 0.3) is 0 Å². The van der Waals surface area contributed by atoms with Crippen LogP contribution in [0.2, 0.25) is 0 Å². The van der Waals surface area contributed by atoms with E-state index in [1.54, 1.807) is 25.2 Å². The second-order valence-corrected chi connectivity index (χ2v) is 2.38. The molecule has 66 valence electrons. The molecule has 0 rings (SSSR count). The molecule has 0 N–H and O–H groups in total. The first-order valence-electron chi connectivity index (χ1n) is 3.43. The van der Waals surface area contributed by atoms with Gasteiger partial charge >= 0.3 is 5.97 Å². The molecule has 0 radical (unpaired) electrons. The zero-order valence-electron chi connectivity index (χ0n) is 6.92. The smallest absolute Gasteiger partial charge is 0.333 e. The van der Waals surface area contributed by atoms with Crippen molar-refractivity contribution in [3.63, 3.8) is 0 Å². The van der Waals surface area contributed by atoms with Crippen molar-refractivity contribution in [2.24, 2.45) is 0 Å². The van der Waals surface area contributed by atoms with E-state index in [1.807, 2.05) is 0 Å². The number of allylic oxidation sites excluding steroid dienone is 2. The molecule has 0 aromatic heterocycles. The van der Waals surface area contributed by atoms with Crippen LogP contribution >= 0.6 is 11.6 Å². The summed E-state index contributed by atoms with van der Waals surface area (Å²) in [6.07, 6.45) is 5.01. The summed E-state index contributed by atoms with van der Waals surface area (Å²) in [5, 5.41) is 0. The summed E-state index contributed by atoms with van der Waals surface area (Å²) in [6.45, 7) is 5.28. The first kappa shape index (κ1) is 11.0. The standard InChI is InChI=1S/C9H11ClO2/c1-8(2)9(11)12-7-5-3-4-6-10/h3-6H,1,7H2,2H3. The van der Waals surface area contributed by atoms with E-state index in [4.69, 9.17) is 16.3 Å². The molecule has 0 aliphatic rings. The molecule has 0 amide bonds. The van der Waals surface area contributed by atoms with Crippen molar-refractivity contribution in [3.05, 3.63) is 35.9 Å². The maximum atomic E-state index is 10.8. The first-order chi connectivity index (χ1) is 5.68. The highest BCUT2D eigenvalue weighted by molar-refractivity contribution is 6.25. The summed E-state index contributed by atoms with van der Waals surface area (Å²) in [7, 11) is 0. The Morgan fingerprint density at radius 1 is 1.58 bits per heavy atom. The predicted octanol–water partition coefficient (Wildman–Crippen LogP) is 2.41. The Bertz CT molecular complexity index is 217. The third-order valence-electron chi connectivity index (χ3n) is 0.979. The van der Waals surface area contributed by atoms with Gasteiger partial charge in [0.25, 0.3) is 0 Å². The molecule has 0 bridgehead atoms. The molecule has 0 aromatic carbocycles. The minimum Gasteiger partial charge on any atom is -0.458 e. The van der Waals surface area contributed by atoms with Gasteiger partial charge < -0.3 is 4.74 Å². The van der Waals surface area contributed by atoms with Crippen molar-refractivity contribution in [1.29, 1.82) is 0 Å². The Morgan fingerprint density at radius 2 is 2.25 bits per heavy atom. The summed E-state index contributed by atoms with van der Waals surface area (Å²) in [5.41, 5.74) is 1.77. The van der Waals surface area contributed by atoms with Crippen molar-refractivity contribution in [1.82, 2.24) is 0 Å². The van der Waals surface area contributed by atoms with Crippen LogP contribution in [0.1, 0.15) is 6.92 Å². The van der Waals surface area contributed by atoms with Crippen LogP contribution in [0.3, 0.4) is 0 Å². The second kappa shape index (κ2) is 6.68. The Hall–Kier alpha value is -1.02. The van der Waals surface area contributed by atoms with Crippen molar-refractivity contribution in [2.75, 3.05) is 6.61 Å². The van der Waals surface area contributed by atoms with E-state index in [0.29, 0.717) is 5.57 Å². The summed E-state index contributed by atoms with van der Waals surface area (Å²) in [6, 6.07) is 0. The fourth-order valence-corrected chi connectivity index (χ4v) is 0.507. The number of carbonyl (C=O) groups excluding carboxylic acids is 1. The monoisotopic (exact) mass is 186 g/mol. The van der Waals surface area contributed by atoms with Gasteiger partial charge in [-0.15, -0.1) is 0 Å². The minimum atomic E-state index is -0.380. The number of halogens is 1. The molecule has 0 unspecified atom stereocenters. The highest BCUT2D eigenvalue weighted by atomic mass is 35.5. The number of hydrogen-bond donors (Lipinski definition) is 0. The van der Waals surface area contributed by atoms with E-state index in [2.05, 4.69) is 6.58 Å². The van der Waals surface area contributed by atoms with Gasteiger partial charge in [-0.2, -0.15) is 0 Å². The highest BCUT2D eigenvalue weighted by Crippen LogP contribution is 1.91. The van der Waals surface area contributed by atoms with Crippen molar-refractivity contribution in [2.45, 2.75) is 6.92 Å². The van der Waals surface area contributed by atoms with Gasteiger partial charge in [0.2, 0.25) is 0 Å². The van der Waals surface area contributed by atoms with Gasteiger partial charge in [0.1, 0.15) is 6.61 Å². The lowest BCUT2D eigenvalue weighted by atomic mass is 10.4. The van der Waals surface area contributed by atoms with Gasteiger partial charge in [0, 0.05) is 11.1 Å². The lowest BCUT2D eigenvalue weighted by Gasteiger charge is -1.98. The predicted molar refractivity (Wildman–Crippen MR) is 49.9 cm³/mol. The third-order valence-corrected chi connectivity index (χ3v) is 1.12. The highest BCUT2D eigenvalue weighted by Gasteiger charge is 1.99. The fraction of sp³-hybridized carbons (Fsp3) is 0.222. The van der Waals surface area contributed by atoms with Gasteiger partial charge in [0.05, 0.1) is 0 Å². The van der Waals surface area contributed by atoms with Crippen molar-refractivity contribution in [3.8, 4) is 0 Å². The molecule has 0 spiro atoms. The van der Waals surface area contributed by atoms with Crippen molar-refractivity contribution < 1.29 is 9.53 Å². The maximum Gasteiger partial charge on any atom is 0.333 e. The zero-order chi connectivity index (χ0) is 9.40. The molecular formula is C9H11ClO2. The van der Waals surface area contributed by atoms with Crippen LogP contribution < -0.4 is 0 Å². The number of carbonyl (C=O) groups is 1. The molecule has 3 heteroatoms. The molecule has 0 atom stereocenters.